The molecule has 0 aliphatic carbocycles. The fourth-order valence-electron chi connectivity index (χ4n) is 2.75. The van der Waals surface area contributed by atoms with E-state index in [-0.39, 0.29) is 18.1 Å². The number of carbonyl (C=O) groups excluding carboxylic acids is 3. The first-order valence-electron chi connectivity index (χ1n) is 9.38. The molecule has 0 saturated carbocycles. The van der Waals surface area contributed by atoms with E-state index in [1.54, 1.807) is 0 Å². The van der Waals surface area contributed by atoms with Crippen LogP contribution >= 0.6 is 0 Å². The maximum Gasteiger partial charge on any atom is 0.364 e. The van der Waals surface area contributed by atoms with Crippen LogP contribution in [0.25, 0.3) is 0 Å². The summed E-state index contributed by atoms with van der Waals surface area (Å²) in [5.74, 6) is -3.99. The van der Waals surface area contributed by atoms with Crippen LogP contribution in [0, 0.1) is 31.6 Å². The molecule has 0 fully saturated rings. The van der Waals surface area contributed by atoms with E-state index < -0.39 is 58.0 Å². The van der Waals surface area contributed by atoms with Crippen molar-refractivity contribution >= 4 is 18.3 Å². The second-order valence-corrected chi connectivity index (χ2v) is 8.48. The van der Waals surface area contributed by atoms with E-state index >= 15 is 0 Å². The van der Waals surface area contributed by atoms with Crippen LogP contribution in [0.4, 0.5) is 0 Å². The molecule has 0 aliphatic heterocycles. The van der Waals surface area contributed by atoms with Gasteiger partial charge in [0.1, 0.15) is 0 Å². The van der Waals surface area contributed by atoms with Gasteiger partial charge < -0.3 is 9.47 Å². The predicted molar refractivity (Wildman–Crippen MR) is 103 cm³/mol. The van der Waals surface area contributed by atoms with Crippen LogP contribution in [0.3, 0.4) is 0 Å². The highest BCUT2D eigenvalue weighted by molar-refractivity contribution is 5.83. The second-order valence-electron chi connectivity index (χ2n) is 8.48. The Bertz CT molecular complexity index is 700. The van der Waals surface area contributed by atoms with Crippen molar-refractivity contribution in [2.75, 3.05) is 13.4 Å². The average molecular weight is 467 g/mol. The van der Waals surface area contributed by atoms with Gasteiger partial charge in [0.15, 0.2) is 0 Å². The van der Waals surface area contributed by atoms with Gasteiger partial charge in [-0.2, -0.15) is 5.06 Å². The van der Waals surface area contributed by atoms with Crippen LogP contribution < -0.4 is 0 Å². The maximum atomic E-state index is 13.1. The van der Waals surface area contributed by atoms with Gasteiger partial charge in [-0.15, -0.1) is 20.2 Å². The molecule has 1 amide bonds. The molecule has 0 aliphatic rings. The molecule has 0 aromatic heterocycles. The minimum Gasteiger partial charge on any atom is -0.466 e. The smallest absolute Gasteiger partial charge is 0.364 e. The zero-order valence-corrected chi connectivity index (χ0v) is 19.0. The molecule has 15 nitrogen and oxygen atoms in total. The third-order valence-electron chi connectivity index (χ3n) is 3.84. The zero-order chi connectivity index (χ0) is 25.3. The first-order chi connectivity index (χ1) is 14.5. The van der Waals surface area contributed by atoms with E-state index in [2.05, 4.69) is 9.57 Å². The van der Waals surface area contributed by atoms with Gasteiger partial charge in [0, 0.05) is 5.92 Å². The SMILES string of the molecule is CCOC(=O)CC(C(C)(C)C)[C@@](O[N+](=O)[O-])(C(=O)OCO[N+](=O)[O-])N(C=O)OC(C)(C)C. The lowest BCUT2D eigenvalue weighted by Crippen LogP contribution is -2.66. The summed E-state index contributed by atoms with van der Waals surface area (Å²) in [5, 5.41) is 19.4. The van der Waals surface area contributed by atoms with Crippen LogP contribution in [-0.4, -0.2) is 58.3 Å². The van der Waals surface area contributed by atoms with Gasteiger partial charge in [-0.05, 0) is 33.1 Å². The zero-order valence-electron chi connectivity index (χ0n) is 19.0. The monoisotopic (exact) mass is 467 g/mol. The van der Waals surface area contributed by atoms with E-state index in [1.807, 2.05) is 0 Å². The second kappa shape index (κ2) is 11.4. The van der Waals surface area contributed by atoms with Crippen LogP contribution in [0.2, 0.25) is 0 Å². The third kappa shape index (κ3) is 8.49. The molecule has 15 heteroatoms. The number of hydrogen-bond acceptors (Lipinski definition) is 12. The number of esters is 2. The van der Waals surface area contributed by atoms with E-state index in [9.17, 15) is 34.6 Å². The summed E-state index contributed by atoms with van der Waals surface area (Å²) in [5.41, 5.74) is -5.33. The van der Waals surface area contributed by atoms with Gasteiger partial charge in [-0.25, -0.2) is 4.79 Å². The van der Waals surface area contributed by atoms with Crippen molar-refractivity contribution in [2.24, 2.45) is 11.3 Å². The molecule has 1 unspecified atom stereocenters. The highest BCUT2D eigenvalue weighted by atomic mass is 17.0. The molecule has 0 rings (SSSR count). The summed E-state index contributed by atoms with van der Waals surface area (Å²) in [6.45, 7) is 9.16. The number of hydroxylamine groups is 2. The van der Waals surface area contributed by atoms with Crippen molar-refractivity contribution in [1.82, 2.24) is 5.06 Å². The molecule has 0 bridgehead atoms. The van der Waals surface area contributed by atoms with E-state index in [0.717, 1.165) is 0 Å². The largest absolute Gasteiger partial charge is 0.466 e. The molecule has 0 radical (unpaired) electrons. The number of carbonyl (C=O) groups is 3. The lowest BCUT2D eigenvalue weighted by Gasteiger charge is -2.47. The molecule has 0 aromatic rings. The summed E-state index contributed by atoms with van der Waals surface area (Å²) in [7, 11) is 0. The Hall–Kier alpha value is -3.23. The Kier molecular flexibility index (Phi) is 10.3. The molecule has 0 aromatic carbocycles. The van der Waals surface area contributed by atoms with E-state index in [0.29, 0.717) is 0 Å². The molecule has 2 atom stereocenters. The van der Waals surface area contributed by atoms with Crippen molar-refractivity contribution in [3.05, 3.63) is 20.2 Å². The van der Waals surface area contributed by atoms with Crippen LogP contribution in [0.1, 0.15) is 54.9 Å². The Morgan fingerprint density at radius 2 is 1.59 bits per heavy atom. The number of rotatable bonds is 13. The van der Waals surface area contributed by atoms with E-state index in [4.69, 9.17) is 14.4 Å². The molecule has 0 saturated heterocycles. The number of amides is 1. The fraction of sp³-hybridized carbons (Fsp3) is 0.824. The van der Waals surface area contributed by atoms with Gasteiger partial charge >= 0.3 is 17.7 Å². The molecule has 32 heavy (non-hydrogen) atoms. The summed E-state index contributed by atoms with van der Waals surface area (Å²) in [6.07, 6.45) is -0.706. The van der Waals surface area contributed by atoms with E-state index in [1.165, 1.54) is 48.5 Å². The van der Waals surface area contributed by atoms with Crippen molar-refractivity contribution in [2.45, 2.75) is 66.2 Å². The maximum absolute atomic E-state index is 13.1. The Morgan fingerprint density at radius 1 is 1.03 bits per heavy atom. The van der Waals surface area contributed by atoms with Crippen LogP contribution in [0.15, 0.2) is 0 Å². The quantitative estimate of drug-likeness (QED) is 0.125. The van der Waals surface area contributed by atoms with Crippen molar-refractivity contribution in [3.63, 3.8) is 0 Å². The Labute approximate surface area is 184 Å². The van der Waals surface area contributed by atoms with Gasteiger partial charge in [0.25, 0.3) is 10.2 Å². The van der Waals surface area contributed by atoms with Crippen molar-refractivity contribution in [3.8, 4) is 0 Å². The van der Waals surface area contributed by atoms with Gasteiger partial charge in [-0.3, -0.25) is 24.1 Å². The standard InChI is InChI=1S/C17H29N3O12/c1-8-28-13(22)9-12(15(2,3)4)17(32-20(26)27,14(23)29-11-30-19(24)25)18(10-21)31-16(5,6)7/h10,12H,8-9,11H2,1-7H3/t12?,17-/m1/s1. The normalized spacial score (nSPS) is 14.3. The summed E-state index contributed by atoms with van der Waals surface area (Å²) in [4.78, 5) is 73.3. The van der Waals surface area contributed by atoms with Gasteiger partial charge in [-0.1, -0.05) is 20.8 Å². The lowest BCUT2D eigenvalue weighted by molar-refractivity contribution is -0.791. The molecule has 0 N–H and O–H groups in total. The molecular formula is C17H29N3O12. The highest BCUT2D eigenvalue weighted by Crippen LogP contribution is 2.43. The van der Waals surface area contributed by atoms with Gasteiger partial charge in [0.2, 0.25) is 13.2 Å². The first kappa shape index (κ1) is 28.8. The minimum absolute atomic E-state index is 0.0319. The third-order valence-corrected chi connectivity index (χ3v) is 3.84. The Balaban J connectivity index is 6.84. The predicted octanol–water partition coefficient (Wildman–Crippen LogP) is 1.40. The highest BCUT2D eigenvalue weighted by Gasteiger charge is 2.62. The Morgan fingerprint density at radius 3 is 1.97 bits per heavy atom. The first-order valence-corrected chi connectivity index (χ1v) is 9.38. The fourth-order valence-corrected chi connectivity index (χ4v) is 2.75. The number of hydrogen-bond donors (Lipinski definition) is 0. The van der Waals surface area contributed by atoms with Gasteiger partial charge in [0.05, 0.1) is 18.6 Å². The summed E-state index contributed by atoms with van der Waals surface area (Å²) < 4.78 is 9.57. The average Bonchev–Trinajstić information content (AvgIpc) is 2.60. The number of nitrogens with zero attached hydrogens (tertiary/aromatic N) is 3. The van der Waals surface area contributed by atoms with Crippen LogP contribution in [0.5, 0.6) is 0 Å². The minimum atomic E-state index is -3.00. The van der Waals surface area contributed by atoms with Crippen molar-refractivity contribution < 1.29 is 48.5 Å². The molecule has 0 spiro atoms. The topological polar surface area (TPSA) is 187 Å². The molecular weight excluding hydrogens is 438 g/mol. The summed E-state index contributed by atoms with van der Waals surface area (Å²) >= 11 is 0. The molecule has 184 valence electrons. The lowest BCUT2D eigenvalue weighted by atomic mass is 9.72. The number of ether oxygens (including phenoxy) is 2. The van der Waals surface area contributed by atoms with Crippen LogP contribution in [-0.2, 0) is 38.4 Å². The summed E-state index contributed by atoms with van der Waals surface area (Å²) in [6, 6.07) is 0. The molecule has 0 heterocycles. The van der Waals surface area contributed by atoms with Crippen molar-refractivity contribution in [1.29, 1.82) is 0 Å².